The quantitative estimate of drug-likeness (QED) is 0.686. The summed E-state index contributed by atoms with van der Waals surface area (Å²) in [7, 11) is 0. The van der Waals surface area contributed by atoms with Crippen LogP contribution in [0.2, 0.25) is 0 Å². The normalized spacial score (nSPS) is 26.8. The maximum absolute atomic E-state index is 9.58. The molecule has 1 aliphatic carbocycles. The van der Waals surface area contributed by atoms with Crippen LogP contribution in [0, 0.1) is 0 Å². The van der Waals surface area contributed by atoms with Gasteiger partial charge in [0.1, 0.15) is 0 Å². The number of aliphatic hydroxyl groups excluding tert-OH is 1. The molecule has 0 aromatic rings. The first kappa shape index (κ1) is 13.0. The van der Waals surface area contributed by atoms with Crippen LogP contribution in [0.15, 0.2) is 0 Å². The second-order valence-electron chi connectivity index (χ2n) is 5.16. The summed E-state index contributed by atoms with van der Waals surface area (Å²) < 4.78 is 0. The van der Waals surface area contributed by atoms with E-state index in [-0.39, 0.29) is 6.10 Å². The zero-order valence-corrected chi connectivity index (χ0v) is 10.6. The molecule has 1 fully saturated rings. The van der Waals surface area contributed by atoms with E-state index in [2.05, 4.69) is 25.7 Å². The summed E-state index contributed by atoms with van der Waals surface area (Å²) in [6, 6.07) is 1.26. The summed E-state index contributed by atoms with van der Waals surface area (Å²) in [5, 5.41) is 9.58. The molecule has 0 radical (unpaired) electrons. The van der Waals surface area contributed by atoms with Gasteiger partial charge in [-0.3, -0.25) is 4.90 Å². The zero-order valence-electron chi connectivity index (χ0n) is 10.6. The van der Waals surface area contributed by atoms with Gasteiger partial charge in [-0.2, -0.15) is 0 Å². The van der Waals surface area contributed by atoms with Crippen molar-refractivity contribution in [3.63, 3.8) is 0 Å². The van der Waals surface area contributed by atoms with Crippen molar-refractivity contribution in [2.24, 2.45) is 0 Å². The third kappa shape index (κ3) is 4.12. The molecular weight excluding hydrogens is 186 g/mol. The Hall–Kier alpha value is -0.0800. The molecule has 0 aromatic heterocycles. The van der Waals surface area contributed by atoms with Crippen molar-refractivity contribution in [1.82, 2.24) is 4.90 Å². The Labute approximate surface area is 94.7 Å². The van der Waals surface area contributed by atoms with Crippen LogP contribution in [-0.4, -0.2) is 34.7 Å². The van der Waals surface area contributed by atoms with Crippen molar-refractivity contribution in [2.45, 2.75) is 77.5 Å². The number of hydrogen-bond acceptors (Lipinski definition) is 2. The van der Waals surface area contributed by atoms with Gasteiger partial charge in [0, 0.05) is 12.1 Å². The van der Waals surface area contributed by atoms with Crippen LogP contribution in [-0.2, 0) is 0 Å². The molecule has 2 nitrogen and oxygen atoms in total. The summed E-state index contributed by atoms with van der Waals surface area (Å²) in [4.78, 5) is 2.59. The van der Waals surface area contributed by atoms with Crippen LogP contribution in [0.5, 0.6) is 0 Å². The number of hydrogen-bond donors (Lipinski definition) is 1. The molecule has 1 saturated carbocycles. The topological polar surface area (TPSA) is 23.5 Å². The SMILES string of the molecule is CCCCCN(C(C)C)C1CCC(O)C1. The van der Waals surface area contributed by atoms with Crippen LogP contribution >= 0.6 is 0 Å². The lowest BCUT2D eigenvalue weighted by Gasteiger charge is -2.32. The van der Waals surface area contributed by atoms with Gasteiger partial charge in [-0.25, -0.2) is 0 Å². The standard InChI is InChI=1S/C13H27NO/c1-4-5-6-9-14(11(2)3)12-7-8-13(15)10-12/h11-13,15H,4-10H2,1-3H3. The molecule has 2 atom stereocenters. The highest BCUT2D eigenvalue weighted by Gasteiger charge is 2.28. The van der Waals surface area contributed by atoms with Gasteiger partial charge in [0.25, 0.3) is 0 Å². The minimum atomic E-state index is -0.0394. The van der Waals surface area contributed by atoms with Crippen LogP contribution in [0.25, 0.3) is 0 Å². The molecule has 1 aliphatic rings. The molecule has 1 N–H and O–H groups in total. The molecule has 0 spiro atoms. The Morgan fingerprint density at radius 3 is 2.47 bits per heavy atom. The van der Waals surface area contributed by atoms with Gasteiger partial charge in [0.05, 0.1) is 6.10 Å². The molecule has 2 heteroatoms. The minimum absolute atomic E-state index is 0.0394. The molecule has 0 bridgehead atoms. The smallest absolute Gasteiger partial charge is 0.0555 e. The summed E-state index contributed by atoms with van der Waals surface area (Å²) >= 11 is 0. The predicted molar refractivity (Wildman–Crippen MR) is 65.0 cm³/mol. The zero-order chi connectivity index (χ0) is 11.3. The average Bonchev–Trinajstić information content (AvgIpc) is 2.59. The first-order chi connectivity index (χ1) is 7.15. The monoisotopic (exact) mass is 213 g/mol. The summed E-state index contributed by atoms with van der Waals surface area (Å²) in [5.74, 6) is 0. The molecule has 2 unspecified atom stereocenters. The lowest BCUT2D eigenvalue weighted by molar-refractivity contribution is 0.127. The highest BCUT2D eigenvalue weighted by molar-refractivity contribution is 4.84. The van der Waals surface area contributed by atoms with Crippen LogP contribution in [0.4, 0.5) is 0 Å². The maximum atomic E-state index is 9.58. The van der Waals surface area contributed by atoms with Crippen LogP contribution < -0.4 is 0 Å². The average molecular weight is 213 g/mol. The molecular formula is C13H27NO. The molecule has 0 saturated heterocycles. The Balaban J connectivity index is 2.36. The van der Waals surface area contributed by atoms with Gasteiger partial charge in [-0.1, -0.05) is 19.8 Å². The van der Waals surface area contributed by atoms with E-state index >= 15 is 0 Å². The fourth-order valence-electron chi connectivity index (χ4n) is 2.64. The Morgan fingerprint density at radius 1 is 1.27 bits per heavy atom. The molecule has 15 heavy (non-hydrogen) atoms. The van der Waals surface area contributed by atoms with Crippen molar-refractivity contribution in [3.05, 3.63) is 0 Å². The number of aliphatic hydroxyl groups is 1. The van der Waals surface area contributed by atoms with Crippen LogP contribution in [0.1, 0.15) is 59.3 Å². The van der Waals surface area contributed by atoms with Gasteiger partial charge in [0.15, 0.2) is 0 Å². The summed E-state index contributed by atoms with van der Waals surface area (Å²) in [6.45, 7) is 8.01. The van der Waals surface area contributed by atoms with Crippen molar-refractivity contribution in [2.75, 3.05) is 6.54 Å². The number of nitrogens with zero attached hydrogens (tertiary/aromatic N) is 1. The van der Waals surface area contributed by atoms with E-state index in [1.807, 2.05) is 0 Å². The molecule has 0 heterocycles. The maximum Gasteiger partial charge on any atom is 0.0555 e. The van der Waals surface area contributed by atoms with Gasteiger partial charge in [0.2, 0.25) is 0 Å². The minimum Gasteiger partial charge on any atom is -0.393 e. The molecule has 1 rings (SSSR count). The van der Waals surface area contributed by atoms with Crippen LogP contribution in [0.3, 0.4) is 0 Å². The number of unbranched alkanes of at least 4 members (excludes halogenated alkanes) is 2. The van der Waals surface area contributed by atoms with E-state index in [0.717, 1.165) is 12.8 Å². The van der Waals surface area contributed by atoms with Crippen molar-refractivity contribution >= 4 is 0 Å². The third-order valence-electron chi connectivity index (χ3n) is 3.53. The lowest BCUT2D eigenvalue weighted by Crippen LogP contribution is -2.40. The van der Waals surface area contributed by atoms with E-state index in [1.165, 1.54) is 32.2 Å². The molecule has 0 amide bonds. The first-order valence-electron chi connectivity index (χ1n) is 6.59. The van der Waals surface area contributed by atoms with Crippen molar-refractivity contribution in [1.29, 1.82) is 0 Å². The van der Waals surface area contributed by atoms with Gasteiger partial charge in [-0.15, -0.1) is 0 Å². The Bertz CT molecular complexity index is 170. The molecule has 0 aromatic carbocycles. The summed E-state index contributed by atoms with van der Waals surface area (Å²) in [6.07, 6.45) is 7.07. The fraction of sp³-hybridized carbons (Fsp3) is 1.00. The van der Waals surface area contributed by atoms with E-state index < -0.39 is 0 Å². The third-order valence-corrected chi connectivity index (χ3v) is 3.53. The second kappa shape index (κ2) is 6.49. The molecule has 0 aliphatic heterocycles. The largest absolute Gasteiger partial charge is 0.393 e. The fourth-order valence-corrected chi connectivity index (χ4v) is 2.64. The predicted octanol–water partition coefficient (Wildman–Crippen LogP) is 2.80. The van der Waals surface area contributed by atoms with E-state index in [4.69, 9.17) is 0 Å². The molecule has 90 valence electrons. The second-order valence-corrected chi connectivity index (χ2v) is 5.16. The lowest BCUT2D eigenvalue weighted by atomic mass is 10.1. The highest BCUT2D eigenvalue weighted by atomic mass is 16.3. The van der Waals surface area contributed by atoms with E-state index in [0.29, 0.717) is 12.1 Å². The summed E-state index contributed by atoms with van der Waals surface area (Å²) in [5.41, 5.74) is 0. The number of rotatable bonds is 6. The highest BCUT2D eigenvalue weighted by Crippen LogP contribution is 2.25. The van der Waals surface area contributed by atoms with E-state index in [1.54, 1.807) is 0 Å². The van der Waals surface area contributed by atoms with Gasteiger partial charge < -0.3 is 5.11 Å². The van der Waals surface area contributed by atoms with E-state index in [9.17, 15) is 5.11 Å². The van der Waals surface area contributed by atoms with Crippen molar-refractivity contribution < 1.29 is 5.11 Å². The first-order valence-corrected chi connectivity index (χ1v) is 6.59. The van der Waals surface area contributed by atoms with Gasteiger partial charge in [-0.05, 0) is 46.1 Å². The Morgan fingerprint density at radius 2 is 2.00 bits per heavy atom. The van der Waals surface area contributed by atoms with Gasteiger partial charge >= 0.3 is 0 Å². The Kier molecular flexibility index (Phi) is 5.62. The van der Waals surface area contributed by atoms with Crippen molar-refractivity contribution in [3.8, 4) is 0 Å².